The van der Waals surface area contributed by atoms with E-state index in [2.05, 4.69) is 22.0 Å². The van der Waals surface area contributed by atoms with E-state index in [1.165, 1.54) is 7.11 Å². The van der Waals surface area contributed by atoms with Crippen molar-refractivity contribution in [2.75, 3.05) is 33.8 Å². The highest BCUT2D eigenvalue weighted by molar-refractivity contribution is 5.69. The minimum atomic E-state index is -0.143. The van der Waals surface area contributed by atoms with Crippen LogP contribution < -0.4 is 5.32 Å². The second-order valence-electron chi connectivity index (χ2n) is 3.20. The average Bonchev–Trinajstić information content (AvgIpc) is 2.01. The fourth-order valence-electron chi connectivity index (χ4n) is 1.31. The van der Waals surface area contributed by atoms with Crippen LogP contribution in [0.5, 0.6) is 0 Å². The van der Waals surface area contributed by atoms with Crippen LogP contribution in [0.2, 0.25) is 0 Å². The number of ether oxygens (including phenoxy) is 1. The van der Waals surface area contributed by atoms with Gasteiger partial charge in [0.15, 0.2) is 0 Å². The number of nitrogens with one attached hydrogen (secondary N) is 1. The molecule has 12 heavy (non-hydrogen) atoms. The molecule has 0 amide bonds. The first-order valence-electron chi connectivity index (χ1n) is 4.21. The molecule has 70 valence electrons. The number of rotatable bonds is 4. The summed E-state index contributed by atoms with van der Waals surface area (Å²) in [5.74, 6) is -0.143. The second-order valence-corrected chi connectivity index (χ2v) is 3.20. The summed E-state index contributed by atoms with van der Waals surface area (Å²) in [6, 6.07) is 0.569. The minimum absolute atomic E-state index is 0.143. The smallest absolute Gasteiger partial charge is 0.306 e. The average molecular weight is 172 g/mol. The third-order valence-corrected chi connectivity index (χ3v) is 2.05. The molecule has 0 aliphatic carbocycles. The van der Waals surface area contributed by atoms with Crippen LogP contribution in [0.25, 0.3) is 0 Å². The van der Waals surface area contributed by atoms with Gasteiger partial charge < -0.3 is 15.0 Å². The molecule has 0 aromatic rings. The maximum absolute atomic E-state index is 10.7. The molecule has 1 saturated heterocycles. The van der Waals surface area contributed by atoms with Crippen molar-refractivity contribution < 1.29 is 9.53 Å². The summed E-state index contributed by atoms with van der Waals surface area (Å²) in [5.41, 5.74) is 0. The van der Waals surface area contributed by atoms with Crippen LogP contribution in [-0.2, 0) is 9.53 Å². The number of methoxy groups -OCH3 is 1. The summed E-state index contributed by atoms with van der Waals surface area (Å²) in [4.78, 5) is 12.9. The predicted octanol–water partition coefficient (Wildman–Crippen LogP) is -0.547. The van der Waals surface area contributed by atoms with Gasteiger partial charge in [0.25, 0.3) is 0 Å². The first-order valence-corrected chi connectivity index (χ1v) is 4.21. The zero-order chi connectivity index (χ0) is 8.97. The van der Waals surface area contributed by atoms with Crippen LogP contribution >= 0.6 is 0 Å². The molecule has 1 aliphatic rings. The number of likely N-dealkylation sites (N-methyl/N-ethyl adjacent to an activating group) is 1. The molecule has 1 fully saturated rings. The van der Waals surface area contributed by atoms with E-state index in [9.17, 15) is 4.79 Å². The van der Waals surface area contributed by atoms with Gasteiger partial charge in [0.1, 0.15) is 0 Å². The molecule has 4 heteroatoms. The second kappa shape index (κ2) is 4.42. The highest BCUT2D eigenvalue weighted by Crippen LogP contribution is 2.02. The van der Waals surface area contributed by atoms with Crippen molar-refractivity contribution in [2.24, 2.45) is 0 Å². The molecule has 1 heterocycles. The highest BCUT2D eigenvalue weighted by atomic mass is 16.5. The van der Waals surface area contributed by atoms with Crippen molar-refractivity contribution in [1.29, 1.82) is 0 Å². The summed E-state index contributed by atoms with van der Waals surface area (Å²) in [6.45, 7) is 2.90. The van der Waals surface area contributed by atoms with Crippen LogP contribution in [0.3, 0.4) is 0 Å². The molecule has 0 saturated carbocycles. The number of carbonyl (C=O) groups is 1. The Morgan fingerprint density at radius 3 is 2.83 bits per heavy atom. The SMILES string of the molecule is COC(=O)CCNC1CN(C)C1. The summed E-state index contributed by atoms with van der Waals surface area (Å²) in [5, 5.41) is 3.27. The molecule has 1 rings (SSSR count). The quantitative estimate of drug-likeness (QED) is 0.578. The fraction of sp³-hybridized carbons (Fsp3) is 0.875. The number of esters is 1. The van der Waals surface area contributed by atoms with Gasteiger partial charge in [-0.2, -0.15) is 0 Å². The van der Waals surface area contributed by atoms with E-state index < -0.39 is 0 Å². The monoisotopic (exact) mass is 172 g/mol. The molecule has 1 N–H and O–H groups in total. The van der Waals surface area contributed by atoms with E-state index in [1.54, 1.807) is 0 Å². The number of nitrogens with zero attached hydrogens (tertiary/aromatic N) is 1. The summed E-state index contributed by atoms with van der Waals surface area (Å²) in [6.07, 6.45) is 0.469. The van der Waals surface area contributed by atoms with E-state index >= 15 is 0 Å². The minimum Gasteiger partial charge on any atom is -0.469 e. The molecule has 0 aromatic carbocycles. The third-order valence-electron chi connectivity index (χ3n) is 2.05. The van der Waals surface area contributed by atoms with Crippen molar-refractivity contribution in [3.8, 4) is 0 Å². The summed E-state index contributed by atoms with van der Waals surface area (Å²) in [7, 11) is 3.50. The molecule has 0 spiro atoms. The molecule has 0 unspecified atom stereocenters. The van der Waals surface area contributed by atoms with E-state index in [0.29, 0.717) is 12.5 Å². The number of carbonyl (C=O) groups excluding carboxylic acids is 1. The van der Waals surface area contributed by atoms with Crippen LogP contribution in [0.1, 0.15) is 6.42 Å². The molecule has 0 radical (unpaired) electrons. The Labute approximate surface area is 72.9 Å². The molecule has 0 aromatic heterocycles. The molecule has 4 nitrogen and oxygen atoms in total. The Kier molecular flexibility index (Phi) is 3.49. The fourth-order valence-corrected chi connectivity index (χ4v) is 1.31. The van der Waals surface area contributed by atoms with Crippen LogP contribution in [0.15, 0.2) is 0 Å². The van der Waals surface area contributed by atoms with Crippen LogP contribution in [0, 0.1) is 0 Å². The number of hydrogen-bond donors (Lipinski definition) is 1. The number of hydrogen-bond acceptors (Lipinski definition) is 4. The topological polar surface area (TPSA) is 41.6 Å². The molecule has 1 aliphatic heterocycles. The van der Waals surface area contributed by atoms with Gasteiger partial charge in [0, 0.05) is 25.7 Å². The van der Waals surface area contributed by atoms with Gasteiger partial charge in [-0.3, -0.25) is 4.79 Å². The van der Waals surface area contributed by atoms with Crippen LogP contribution in [-0.4, -0.2) is 50.7 Å². The first kappa shape index (κ1) is 9.48. The van der Waals surface area contributed by atoms with Crippen molar-refractivity contribution in [1.82, 2.24) is 10.2 Å². The van der Waals surface area contributed by atoms with E-state index in [4.69, 9.17) is 0 Å². The van der Waals surface area contributed by atoms with Crippen molar-refractivity contribution in [2.45, 2.75) is 12.5 Å². The summed E-state index contributed by atoms with van der Waals surface area (Å²) >= 11 is 0. The van der Waals surface area contributed by atoms with Gasteiger partial charge >= 0.3 is 5.97 Å². The van der Waals surface area contributed by atoms with Gasteiger partial charge in [-0.25, -0.2) is 0 Å². The maximum Gasteiger partial charge on any atom is 0.306 e. The van der Waals surface area contributed by atoms with E-state index in [0.717, 1.165) is 19.6 Å². The van der Waals surface area contributed by atoms with Gasteiger partial charge in [-0.1, -0.05) is 0 Å². The Balaban J connectivity index is 1.93. The van der Waals surface area contributed by atoms with Crippen molar-refractivity contribution in [3.63, 3.8) is 0 Å². The van der Waals surface area contributed by atoms with Gasteiger partial charge in [-0.15, -0.1) is 0 Å². The normalized spacial score (nSPS) is 18.8. The van der Waals surface area contributed by atoms with Gasteiger partial charge in [-0.05, 0) is 7.05 Å². The lowest BCUT2D eigenvalue weighted by atomic mass is 10.1. The Hall–Kier alpha value is -0.610. The lowest BCUT2D eigenvalue weighted by molar-refractivity contribution is -0.140. The maximum atomic E-state index is 10.7. The Morgan fingerprint density at radius 2 is 2.33 bits per heavy atom. The molecule has 0 atom stereocenters. The van der Waals surface area contributed by atoms with Gasteiger partial charge in [0.05, 0.1) is 13.5 Å². The Morgan fingerprint density at radius 1 is 1.67 bits per heavy atom. The van der Waals surface area contributed by atoms with E-state index in [-0.39, 0.29) is 5.97 Å². The first-order chi connectivity index (χ1) is 5.72. The van der Waals surface area contributed by atoms with Crippen molar-refractivity contribution in [3.05, 3.63) is 0 Å². The lowest BCUT2D eigenvalue weighted by Crippen LogP contribution is -2.56. The molecular formula is C8H16N2O2. The zero-order valence-electron chi connectivity index (χ0n) is 7.67. The molecular weight excluding hydrogens is 156 g/mol. The van der Waals surface area contributed by atoms with E-state index in [1.807, 2.05) is 0 Å². The third kappa shape index (κ3) is 2.79. The van der Waals surface area contributed by atoms with Crippen molar-refractivity contribution >= 4 is 5.97 Å². The van der Waals surface area contributed by atoms with Crippen LogP contribution in [0.4, 0.5) is 0 Å². The standard InChI is InChI=1S/C8H16N2O2/c1-10-5-7(6-10)9-4-3-8(11)12-2/h7,9H,3-6H2,1-2H3. The largest absolute Gasteiger partial charge is 0.469 e. The summed E-state index contributed by atoms with van der Waals surface area (Å²) < 4.78 is 4.52. The molecule has 0 bridgehead atoms. The predicted molar refractivity (Wildman–Crippen MR) is 45.9 cm³/mol. The highest BCUT2D eigenvalue weighted by Gasteiger charge is 2.21. The Bertz CT molecular complexity index is 155. The lowest BCUT2D eigenvalue weighted by Gasteiger charge is -2.36. The zero-order valence-corrected chi connectivity index (χ0v) is 7.67. The number of likely N-dealkylation sites (tertiary alicyclic amines) is 1. The van der Waals surface area contributed by atoms with Gasteiger partial charge in [0.2, 0.25) is 0 Å².